The van der Waals surface area contributed by atoms with E-state index in [-0.39, 0.29) is 11.3 Å². The van der Waals surface area contributed by atoms with E-state index in [1.54, 1.807) is 7.11 Å². The molecule has 1 N–H and O–H groups in total. The van der Waals surface area contributed by atoms with Crippen LogP contribution in [0.3, 0.4) is 0 Å². The Hall–Kier alpha value is -1.75. The SMILES string of the molecule is CCNC(=O)C(C)n1c(C(C)Cl)nc2ccc(OC)cc21. The molecular weight excluding hydrogens is 290 g/mol. The van der Waals surface area contributed by atoms with Crippen LogP contribution < -0.4 is 10.1 Å². The van der Waals surface area contributed by atoms with Crippen LogP contribution in [-0.2, 0) is 4.79 Å². The first-order valence-electron chi connectivity index (χ1n) is 6.97. The lowest BCUT2D eigenvalue weighted by Crippen LogP contribution is -2.31. The fourth-order valence-electron chi connectivity index (χ4n) is 2.35. The number of alkyl halides is 1. The summed E-state index contributed by atoms with van der Waals surface area (Å²) in [5.41, 5.74) is 1.64. The number of likely N-dealkylation sites (N-methyl/N-ethyl adjacent to an activating group) is 1. The number of rotatable bonds is 5. The number of nitrogens with zero attached hydrogens (tertiary/aromatic N) is 2. The van der Waals surface area contributed by atoms with E-state index in [1.807, 2.05) is 43.5 Å². The Labute approximate surface area is 129 Å². The molecule has 1 heterocycles. The number of benzene rings is 1. The highest BCUT2D eigenvalue weighted by Gasteiger charge is 2.23. The maximum absolute atomic E-state index is 12.2. The number of hydrogen-bond donors (Lipinski definition) is 1. The van der Waals surface area contributed by atoms with Gasteiger partial charge < -0.3 is 14.6 Å². The molecule has 1 aromatic carbocycles. The molecule has 5 nitrogen and oxygen atoms in total. The number of ether oxygens (including phenoxy) is 1. The first-order valence-corrected chi connectivity index (χ1v) is 7.40. The van der Waals surface area contributed by atoms with Gasteiger partial charge in [-0.25, -0.2) is 4.98 Å². The van der Waals surface area contributed by atoms with Crippen molar-refractivity contribution in [2.24, 2.45) is 0 Å². The van der Waals surface area contributed by atoms with Crippen LogP contribution in [0.15, 0.2) is 18.2 Å². The molecule has 0 saturated carbocycles. The standard InChI is InChI=1S/C15H20ClN3O2/c1-5-17-15(20)10(3)19-13-8-11(21-4)6-7-12(13)18-14(19)9(2)16/h6-10H,5H2,1-4H3,(H,17,20). The second kappa shape index (κ2) is 6.35. The molecule has 2 unspecified atom stereocenters. The van der Waals surface area contributed by atoms with Gasteiger partial charge in [-0.15, -0.1) is 11.6 Å². The summed E-state index contributed by atoms with van der Waals surface area (Å²) in [6, 6.07) is 5.20. The number of halogens is 1. The Morgan fingerprint density at radius 2 is 2.19 bits per heavy atom. The van der Waals surface area contributed by atoms with Gasteiger partial charge in [-0.1, -0.05) is 0 Å². The van der Waals surface area contributed by atoms with Crippen LogP contribution in [-0.4, -0.2) is 29.1 Å². The van der Waals surface area contributed by atoms with Crippen LogP contribution in [0.5, 0.6) is 5.75 Å². The summed E-state index contributed by atoms with van der Waals surface area (Å²) in [4.78, 5) is 16.7. The first-order chi connectivity index (χ1) is 9.99. The van der Waals surface area contributed by atoms with Crippen molar-refractivity contribution in [1.29, 1.82) is 0 Å². The average Bonchev–Trinajstić information content (AvgIpc) is 2.85. The summed E-state index contributed by atoms with van der Waals surface area (Å²) < 4.78 is 7.14. The molecule has 1 amide bonds. The van der Waals surface area contributed by atoms with Gasteiger partial charge in [-0.05, 0) is 32.9 Å². The number of aromatic nitrogens is 2. The maximum Gasteiger partial charge on any atom is 0.242 e. The number of imidazole rings is 1. The molecule has 0 fully saturated rings. The second-order valence-corrected chi connectivity index (χ2v) is 5.54. The van der Waals surface area contributed by atoms with E-state index >= 15 is 0 Å². The van der Waals surface area contributed by atoms with Crippen molar-refractivity contribution in [3.05, 3.63) is 24.0 Å². The minimum absolute atomic E-state index is 0.0572. The van der Waals surface area contributed by atoms with Crippen molar-refractivity contribution >= 4 is 28.5 Å². The molecule has 0 radical (unpaired) electrons. The monoisotopic (exact) mass is 309 g/mol. The minimum atomic E-state index is -0.391. The van der Waals surface area contributed by atoms with Crippen molar-refractivity contribution in [1.82, 2.24) is 14.9 Å². The Balaban J connectivity index is 2.61. The summed E-state index contributed by atoms with van der Waals surface area (Å²) in [5.74, 6) is 1.34. The molecule has 0 bridgehead atoms. The molecule has 0 spiro atoms. The molecule has 0 aliphatic rings. The molecule has 114 valence electrons. The summed E-state index contributed by atoms with van der Waals surface area (Å²) in [5, 5.41) is 2.54. The van der Waals surface area contributed by atoms with Gasteiger partial charge in [-0.3, -0.25) is 4.79 Å². The van der Waals surface area contributed by atoms with Crippen LogP contribution in [0.1, 0.15) is 38.0 Å². The van der Waals surface area contributed by atoms with Gasteiger partial charge in [0.25, 0.3) is 0 Å². The highest BCUT2D eigenvalue weighted by Crippen LogP contribution is 2.30. The zero-order valence-electron chi connectivity index (χ0n) is 12.7. The van der Waals surface area contributed by atoms with Gasteiger partial charge in [0.05, 0.1) is 23.5 Å². The lowest BCUT2D eigenvalue weighted by molar-refractivity contribution is -0.123. The van der Waals surface area contributed by atoms with Crippen molar-refractivity contribution in [2.45, 2.75) is 32.2 Å². The highest BCUT2D eigenvalue weighted by molar-refractivity contribution is 6.20. The highest BCUT2D eigenvalue weighted by atomic mass is 35.5. The lowest BCUT2D eigenvalue weighted by Gasteiger charge is -2.18. The van der Waals surface area contributed by atoms with E-state index in [4.69, 9.17) is 16.3 Å². The number of amides is 1. The van der Waals surface area contributed by atoms with E-state index < -0.39 is 6.04 Å². The van der Waals surface area contributed by atoms with E-state index in [9.17, 15) is 4.79 Å². The molecule has 0 aliphatic heterocycles. The topological polar surface area (TPSA) is 56.2 Å². The van der Waals surface area contributed by atoms with Gasteiger partial charge in [-0.2, -0.15) is 0 Å². The predicted molar refractivity (Wildman–Crippen MR) is 83.9 cm³/mol. The Kier molecular flexibility index (Phi) is 4.73. The smallest absolute Gasteiger partial charge is 0.242 e. The third-order valence-corrected chi connectivity index (χ3v) is 3.59. The third-order valence-electron chi connectivity index (χ3n) is 3.40. The molecule has 21 heavy (non-hydrogen) atoms. The molecular formula is C15H20ClN3O2. The molecule has 2 atom stereocenters. The molecule has 2 rings (SSSR count). The number of hydrogen-bond acceptors (Lipinski definition) is 3. The fraction of sp³-hybridized carbons (Fsp3) is 0.467. The average molecular weight is 310 g/mol. The van der Waals surface area contributed by atoms with Gasteiger partial charge in [0.15, 0.2) is 0 Å². The lowest BCUT2D eigenvalue weighted by atomic mass is 10.2. The zero-order valence-corrected chi connectivity index (χ0v) is 13.4. The van der Waals surface area contributed by atoms with Crippen LogP contribution >= 0.6 is 11.6 Å². The maximum atomic E-state index is 12.2. The first kappa shape index (κ1) is 15.6. The van der Waals surface area contributed by atoms with Gasteiger partial charge >= 0.3 is 0 Å². The quantitative estimate of drug-likeness (QED) is 0.864. The molecule has 0 saturated heterocycles. The number of methoxy groups -OCH3 is 1. The summed E-state index contributed by atoms with van der Waals surface area (Å²) in [7, 11) is 1.61. The van der Waals surface area contributed by atoms with Crippen LogP contribution in [0.25, 0.3) is 11.0 Å². The number of nitrogens with one attached hydrogen (secondary N) is 1. The van der Waals surface area contributed by atoms with Crippen LogP contribution in [0.2, 0.25) is 0 Å². The van der Waals surface area contributed by atoms with Gasteiger partial charge in [0.1, 0.15) is 17.6 Å². The van der Waals surface area contributed by atoms with Crippen molar-refractivity contribution in [2.75, 3.05) is 13.7 Å². The van der Waals surface area contributed by atoms with Crippen molar-refractivity contribution in [3.63, 3.8) is 0 Å². The van der Waals surface area contributed by atoms with Crippen LogP contribution in [0.4, 0.5) is 0 Å². The van der Waals surface area contributed by atoms with E-state index in [1.165, 1.54) is 0 Å². The van der Waals surface area contributed by atoms with Crippen molar-refractivity contribution in [3.8, 4) is 5.75 Å². The molecule has 6 heteroatoms. The van der Waals surface area contributed by atoms with E-state index in [0.29, 0.717) is 12.4 Å². The number of carbonyl (C=O) groups is 1. The Morgan fingerprint density at radius 1 is 1.48 bits per heavy atom. The van der Waals surface area contributed by atoms with Crippen LogP contribution in [0, 0.1) is 0 Å². The fourth-order valence-corrected chi connectivity index (χ4v) is 2.50. The van der Waals surface area contributed by atoms with Gasteiger partial charge in [0.2, 0.25) is 5.91 Å². The molecule has 1 aromatic heterocycles. The zero-order chi connectivity index (χ0) is 15.6. The third kappa shape index (κ3) is 2.97. The van der Waals surface area contributed by atoms with Crippen molar-refractivity contribution < 1.29 is 9.53 Å². The minimum Gasteiger partial charge on any atom is -0.497 e. The number of fused-ring (bicyclic) bond motifs is 1. The summed E-state index contributed by atoms with van der Waals surface area (Å²) in [6.45, 7) is 6.17. The summed E-state index contributed by atoms with van der Waals surface area (Å²) in [6.07, 6.45) is 0. The molecule has 0 aliphatic carbocycles. The predicted octanol–water partition coefficient (Wildman–Crippen LogP) is 3.04. The Bertz CT molecular complexity index is 652. The van der Waals surface area contributed by atoms with Gasteiger partial charge in [0, 0.05) is 12.6 Å². The van der Waals surface area contributed by atoms with E-state index in [0.717, 1.165) is 16.8 Å². The second-order valence-electron chi connectivity index (χ2n) is 4.88. The van der Waals surface area contributed by atoms with E-state index in [2.05, 4.69) is 10.3 Å². The number of carbonyl (C=O) groups excluding carboxylic acids is 1. The normalized spacial score (nSPS) is 14.0. The summed E-state index contributed by atoms with van der Waals surface area (Å²) >= 11 is 6.23. The Morgan fingerprint density at radius 3 is 2.76 bits per heavy atom. The molecule has 2 aromatic rings. The largest absolute Gasteiger partial charge is 0.497 e.